The molecule has 9 nitrogen and oxygen atoms in total. The van der Waals surface area contributed by atoms with E-state index in [1.165, 1.54) is 27.8 Å². The Morgan fingerprint density at radius 1 is 1.25 bits per heavy atom. The lowest BCUT2D eigenvalue weighted by molar-refractivity contribution is 0.726. The van der Waals surface area contributed by atoms with Gasteiger partial charge >= 0.3 is 0 Å². The molecule has 0 aliphatic rings. The normalized spacial score (nSPS) is 12.8. The van der Waals surface area contributed by atoms with Gasteiger partial charge in [-0.1, -0.05) is 11.8 Å². The Hall–Kier alpha value is -2.66. The van der Waals surface area contributed by atoms with Gasteiger partial charge in [-0.2, -0.15) is 5.10 Å². The molecule has 0 aromatic carbocycles. The summed E-state index contributed by atoms with van der Waals surface area (Å²) in [6, 6.07) is 1.94. The van der Waals surface area contributed by atoms with E-state index in [-0.39, 0.29) is 10.8 Å². The van der Waals surface area contributed by atoms with Gasteiger partial charge in [-0.25, -0.2) is 14.3 Å². The average molecular weight is 417 g/mol. The van der Waals surface area contributed by atoms with E-state index in [1.807, 2.05) is 40.7 Å². The van der Waals surface area contributed by atoms with Gasteiger partial charge in [-0.15, -0.1) is 21.5 Å². The Morgan fingerprint density at radius 3 is 2.68 bits per heavy atom. The highest BCUT2D eigenvalue weighted by molar-refractivity contribution is 7.99. The number of aromatic amines is 1. The van der Waals surface area contributed by atoms with Crippen molar-refractivity contribution >= 4 is 33.3 Å². The first kappa shape index (κ1) is 18.7. The maximum absolute atomic E-state index is 12.5. The van der Waals surface area contributed by atoms with E-state index in [0.717, 1.165) is 26.7 Å². The number of aryl methyl sites for hydroxylation is 4. The minimum atomic E-state index is -0.167. The summed E-state index contributed by atoms with van der Waals surface area (Å²) in [7, 11) is 0. The van der Waals surface area contributed by atoms with E-state index in [1.54, 1.807) is 4.68 Å². The third-order valence-electron chi connectivity index (χ3n) is 4.57. The largest absolute Gasteiger partial charge is 0.334 e. The van der Waals surface area contributed by atoms with Gasteiger partial charge in [0.25, 0.3) is 11.5 Å². The maximum atomic E-state index is 12.5. The molecule has 0 amide bonds. The van der Waals surface area contributed by atoms with Crippen molar-refractivity contribution in [2.45, 2.75) is 45.0 Å². The first-order valence-corrected chi connectivity index (χ1v) is 10.4. The lowest BCUT2D eigenvalue weighted by Gasteiger charge is -2.10. The molecular formula is C17H20N8OS2. The second-order valence-electron chi connectivity index (χ2n) is 6.67. The number of hydrogen-bond donors (Lipinski definition) is 2. The quantitative estimate of drug-likeness (QED) is 0.387. The molecular weight excluding hydrogens is 396 g/mol. The number of fused-ring (bicyclic) bond motifs is 1. The molecule has 0 radical (unpaired) electrons. The first-order chi connectivity index (χ1) is 13.3. The highest BCUT2D eigenvalue weighted by Gasteiger charge is 2.20. The summed E-state index contributed by atoms with van der Waals surface area (Å²) in [5, 5.41) is 13.8. The summed E-state index contributed by atoms with van der Waals surface area (Å²) >= 11 is 2.90. The van der Waals surface area contributed by atoms with E-state index >= 15 is 0 Å². The summed E-state index contributed by atoms with van der Waals surface area (Å²) in [5.74, 6) is 7.22. The Balaban J connectivity index is 1.66. The Kier molecular flexibility index (Phi) is 4.50. The third-order valence-corrected chi connectivity index (χ3v) is 6.74. The standard InChI is InChI=1S/C17H20N8OS2/c1-7-6-8(2)25(23-7)16-21-22-17(24(16)18)28-11(5)13-19-14(26)12-9(3)10(4)27-15(12)20-13/h6,11H,18H2,1-5H3,(H,19,20,26). The van der Waals surface area contributed by atoms with Crippen LogP contribution in [0.3, 0.4) is 0 Å². The van der Waals surface area contributed by atoms with Crippen molar-refractivity contribution in [2.24, 2.45) is 0 Å². The topological polar surface area (TPSA) is 120 Å². The molecule has 4 heterocycles. The Labute approximate surface area is 169 Å². The lowest BCUT2D eigenvalue weighted by Crippen LogP contribution is -2.17. The molecule has 0 fully saturated rings. The zero-order valence-electron chi connectivity index (χ0n) is 16.1. The zero-order valence-corrected chi connectivity index (χ0v) is 17.8. The van der Waals surface area contributed by atoms with Gasteiger partial charge in [-0.05, 0) is 46.2 Å². The molecule has 0 bridgehead atoms. The van der Waals surface area contributed by atoms with E-state index in [0.29, 0.717) is 22.3 Å². The van der Waals surface area contributed by atoms with Crippen LogP contribution in [0.2, 0.25) is 0 Å². The maximum Gasteiger partial charge on any atom is 0.271 e. The van der Waals surface area contributed by atoms with Gasteiger partial charge in [-0.3, -0.25) is 4.79 Å². The third kappa shape index (κ3) is 3.00. The van der Waals surface area contributed by atoms with Crippen molar-refractivity contribution in [1.29, 1.82) is 0 Å². The molecule has 0 saturated heterocycles. The first-order valence-electron chi connectivity index (χ1n) is 8.67. The van der Waals surface area contributed by atoms with Crippen LogP contribution in [0.25, 0.3) is 16.2 Å². The van der Waals surface area contributed by atoms with Crippen molar-refractivity contribution in [1.82, 2.24) is 34.6 Å². The van der Waals surface area contributed by atoms with Crippen LogP contribution in [0.15, 0.2) is 16.0 Å². The van der Waals surface area contributed by atoms with Crippen molar-refractivity contribution in [3.8, 4) is 5.95 Å². The van der Waals surface area contributed by atoms with Gasteiger partial charge < -0.3 is 10.8 Å². The van der Waals surface area contributed by atoms with Crippen molar-refractivity contribution in [3.63, 3.8) is 0 Å². The monoisotopic (exact) mass is 416 g/mol. The molecule has 28 heavy (non-hydrogen) atoms. The summed E-state index contributed by atoms with van der Waals surface area (Å²) in [5.41, 5.74) is 2.66. The van der Waals surface area contributed by atoms with E-state index in [2.05, 4.69) is 25.3 Å². The van der Waals surface area contributed by atoms with E-state index in [9.17, 15) is 4.79 Å². The molecule has 1 unspecified atom stereocenters. The highest BCUT2D eigenvalue weighted by atomic mass is 32.2. The van der Waals surface area contributed by atoms with Crippen molar-refractivity contribution < 1.29 is 0 Å². The average Bonchev–Trinajstić information content (AvgIpc) is 3.24. The van der Waals surface area contributed by atoms with E-state index < -0.39 is 0 Å². The molecule has 4 rings (SSSR count). The molecule has 11 heteroatoms. The number of aromatic nitrogens is 7. The fraction of sp³-hybridized carbons (Fsp3) is 0.353. The minimum absolute atomic E-state index is 0.119. The number of H-pyrrole nitrogens is 1. The molecule has 4 aromatic rings. The van der Waals surface area contributed by atoms with Crippen LogP contribution in [0, 0.1) is 27.7 Å². The number of nitrogens with zero attached hydrogens (tertiary/aromatic N) is 6. The minimum Gasteiger partial charge on any atom is -0.334 e. The lowest BCUT2D eigenvalue weighted by atomic mass is 10.2. The molecule has 0 spiro atoms. The summed E-state index contributed by atoms with van der Waals surface area (Å²) < 4.78 is 3.05. The SMILES string of the molecule is Cc1cc(C)n(-c2nnc(SC(C)c3nc4sc(C)c(C)c4c(=O)[nH]3)n2N)n1. The molecule has 0 saturated carbocycles. The molecule has 1 atom stereocenters. The smallest absolute Gasteiger partial charge is 0.271 e. The van der Waals surface area contributed by atoms with Crippen molar-refractivity contribution in [3.05, 3.63) is 44.1 Å². The fourth-order valence-corrected chi connectivity index (χ4v) is 4.86. The van der Waals surface area contributed by atoms with Crippen LogP contribution in [0.1, 0.15) is 39.8 Å². The van der Waals surface area contributed by atoms with Crippen LogP contribution in [0.5, 0.6) is 0 Å². The Bertz CT molecular complexity index is 1250. The number of thiophene rings is 1. The second kappa shape index (κ2) is 6.74. The number of nitrogen functional groups attached to an aromatic ring is 1. The fourth-order valence-electron chi connectivity index (χ4n) is 3.00. The van der Waals surface area contributed by atoms with Crippen LogP contribution < -0.4 is 11.4 Å². The van der Waals surface area contributed by atoms with Crippen molar-refractivity contribution in [2.75, 3.05) is 5.84 Å². The number of nitrogens with two attached hydrogens (primary N) is 1. The van der Waals surface area contributed by atoms with Crippen LogP contribution in [-0.4, -0.2) is 34.6 Å². The number of thioether (sulfide) groups is 1. The van der Waals surface area contributed by atoms with Gasteiger partial charge in [0.2, 0.25) is 5.16 Å². The van der Waals surface area contributed by atoms with Crippen LogP contribution >= 0.6 is 23.1 Å². The van der Waals surface area contributed by atoms with Crippen LogP contribution in [-0.2, 0) is 0 Å². The second-order valence-corrected chi connectivity index (χ2v) is 9.18. The summed E-state index contributed by atoms with van der Waals surface area (Å²) in [4.78, 5) is 21.9. The molecule has 3 N–H and O–H groups in total. The molecule has 4 aromatic heterocycles. The highest BCUT2D eigenvalue weighted by Crippen LogP contribution is 2.33. The molecule has 0 aliphatic carbocycles. The molecule has 0 aliphatic heterocycles. The zero-order chi connectivity index (χ0) is 20.2. The van der Waals surface area contributed by atoms with Gasteiger partial charge in [0.15, 0.2) is 0 Å². The number of hydrogen-bond acceptors (Lipinski definition) is 8. The summed E-state index contributed by atoms with van der Waals surface area (Å²) in [6.07, 6.45) is 0. The number of rotatable bonds is 4. The predicted octanol–water partition coefficient (Wildman–Crippen LogP) is 2.56. The van der Waals surface area contributed by atoms with Gasteiger partial charge in [0, 0.05) is 10.6 Å². The summed E-state index contributed by atoms with van der Waals surface area (Å²) in [6.45, 7) is 9.72. The van der Waals surface area contributed by atoms with E-state index in [4.69, 9.17) is 5.84 Å². The van der Waals surface area contributed by atoms with Gasteiger partial charge in [0.05, 0.1) is 16.3 Å². The Morgan fingerprint density at radius 2 is 2.00 bits per heavy atom. The predicted molar refractivity (Wildman–Crippen MR) is 111 cm³/mol. The number of nitrogens with one attached hydrogen (secondary N) is 1. The van der Waals surface area contributed by atoms with Gasteiger partial charge in [0.1, 0.15) is 10.7 Å². The van der Waals surface area contributed by atoms with Crippen LogP contribution in [0.4, 0.5) is 0 Å². The molecule has 146 valence electrons.